The lowest BCUT2D eigenvalue weighted by Crippen LogP contribution is -2.32. The van der Waals surface area contributed by atoms with E-state index in [2.05, 4.69) is 18.7 Å². The highest BCUT2D eigenvalue weighted by atomic mass is 16.5. The summed E-state index contributed by atoms with van der Waals surface area (Å²) in [5.41, 5.74) is 0.447. The summed E-state index contributed by atoms with van der Waals surface area (Å²) in [6.07, 6.45) is 6.08. The molecule has 0 N–H and O–H groups in total. The standard InChI is InChI=1S/C18H15NO4/c1-2-14(20)23-13-5-3-4-12(9-13)19-17(21)15-10-6-7-11(8-10)16(15)18(19)22/h2-7,9-11,15-16H,1,8H2/t10-,11-,15-,16-/m0/s1. The molecule has 23 heavy (non-hydrogen) atoms. The van der Waals surface area contributed by atoms with Gasteiger partial charge in [0.2, 0.25) is 11.8 Å². The van der Waals surface area contributed by atoms with Gasteiger partial charge < -0.3 is 4.74 Å². The topological polar surface area (TPSA) is 63.7 Å². The second-order valence-electron chi connectivity index (χ2n) is 6.13. The Morgan fingerprint density at radius 2 is 1.83 bits per heavy atom. The van der Waals surface area contributed by atoms with Crippen LogP contribution in [0.2, 0.25) is 0 Å². The Morgan fingerprint density at radius 3 is 2.43 bits per heavy atom. The number of anilines is 1. The number of nitrogens with zero attached hydrogens (tertiary/aromatic N) is 1. The number of carbonyl (C=O) groups is 3. The lowest BCUT2D eigenvalue weighted by atomic mass is 9.85. The van der Waals surface area contributed by atoms with Crippen LogP contribution >= 0.6 is 0 Å². The van der Waals surface area contributed by atoms with Crippen LogP contribution in [0.3, 0.4) is 0 Å². The van der Waals surface area contributed by atoms with Crippen molar-refractivity contribution in [2.45, 2.75) is 6.42 Å². The number of fused-ring (bicyclic) bond motifs is 5. The van der Waals surface area contributed by atoms with Crippen LogP contribution in [0.4, 0.5) is 5.69 Å². The molecule has 1 aromatic rings. The quantitative estimate of drug-likeness (QED) is 0.282. The predicted octanol–water partition coefficient (Wildman–Crippen LogP) is 2.09. The smallest absolute Gasteiger partial charge is 0.335 e. The van der Waals surface area contributed by atoms with Crippen molar-refractivity contribution in [2.24, 2.45) is 23.7 Å². The number of rotatable bonds is 3. The average molecular weight is 309 g/mol. The molecule has 0 spiro atoms. The van der Waals surface area contributed by atoms with Crippen LogP contribution in [0.25, 0.3) is 0 Å². The van der Waals surface area contributed by atoms with Crippen molar-refractivity contribution < 1.29 is 19.1 Å². The lowest BCUT2D eigenvalue weighted by molar-refractivity contribution is -0.129. The van der Waals surface area contributed by atoms with E-state index in [0.29, 0.717) is 5.69 Å². The van der Waals surface area contributed by atoms with E-state index < -0.39 is 5.97 Å². The number of hydrogen-bond acceptors (Lipinski definition) is 4. The molecule has 5 heteroatoms. The molecule has 3 aliphatic rings. The molecule has 116 valence electrons. The van der Waals surface area contributed by atoms with E-state index in [0.717, 1.165) is 12.5 Å². The fourth-order valence-corrected chi connectivity index (χ4v) is 4.00. The Kier molecular flexibility index (Phi) is 2.98. The first kappa shape index (κ1) is 13.9. The minimum absolute atomic E-state index is 0.149. The molecule has 2 bridgehead atoms. The number of carbonyl (C=O) groups excluding carboxylic acids is 3. The van der Waals surface area contributed by atoms with Gasteiger partial charge in [0, 0.05) is 12.1 Å². The molecular weight excluding hydrogens is 294 g/mol. The van der Waals surface area contributed by atoms with Gasteiger partial charge in [0.05, 0.1) is 17.5 Å². The van der Waals surface area contributed by atoms with Crippen LogP contribution in [0.1, 0.15) is 6.42 Å². The molecule has 2 amide bonds. The number of imide groups is 1. The third-order valence-corrected chi connectivity index (χ3v) is 4.93. The Morgan fingerprint density at radius 1 is 1.17 bits per heavy atom. The van der Waals surface area contributed by atoms with E-state index in [4.69, 9.17) is 4.74 Å². The molecule has 2 aliphatic carbocycles. The Bertz CT molecular complexity index is 736. The number of benzene rings is 1. The van der Waals surface area contributed by atoms with E-state index in [1.54, 1.807) is 18.2 Å². The molecular formula is C18H15NO4. The van der Waals surface area contributed by atoms with Crippen LogP contribution in [0.15, 0.2) is 49.1 Å². The first-order valence-corrected chi connectivity index (χ1v) is 7.60. The van der Waals surface area contributed by atoms with Gasteiger partial charge >= 0.3 is 5.97 Å². The van der Waals surface area contributed by atoms with Crippen molar-refractivity contribution in [3.8, 4) is 5.75 Å². The maximum atomic E-state index is 12.7. The summed E-state index contributed by atoms with van der Waals surface area (Å²) in [5, 5.41) is 0. The van der Waals surface area contributed by atoms with Gasteiger partial charge in [-0.3, -0.25) is 9.59 Å². The highest BCUT2D eigenvalue weighted by Gasteiger charge is 2.59. The Labute approximate surface area is 133 Å². The molecule has 1 aliphatic heterocycles. The van der Waals surface area contributed by atoms with Gasteiger partial charge in [0.15, 0.2) is 0 Å². The van der Waals surface area contributed by atoms with Crippen molar-refractivity contribution in [3.63, 3.8) is 0 Å². The first-order chi connectivity index (χ1) is 11.1. The maximum Gasteiger partial charge on any atom is 0.335 e. The van der Waals surface area contributed by atoms with E-state index in [9.17, 15) is 14.4 Å². The van der Waals surface area contributed by atoms with E-state index in [-0.39, 0.29) is 41.2 Å². The van der Waals surface area contributed by atoms with Crippen molar-refractivity contribution in [1.82, 2.24) is 0 Å². The fourth-order valence-electron chi connectivity index (χ4n) is 4.00. The summed E-state index contributed by atoms with van der Waals surface area (Å²) < 4.78 is 5.06. The summed E-state index contributed by atoms with van der Waals surface area (Å²) in [6.45, 7) is 3.34. The second-order valence-corrected chi connectivity index (χ2v) is 6.13. The van der Waals surface area contributed by atoms with Crippen LogP contribution < -0.4 is 9.64 Å². The Balaban J connectivity index is 1.65. The predicted molar refractivity (Wildman–Crippen MR) is 82.5 cm³/mol. The lowest BCUT2D eigenvalue weighted by Gasteiger charge is -2.17. The van der Waals surface area contributed by atoms with Crippen LogP contribution in [0.5, 0.6) is 5.75 Å². The number of hydrogen-bond donors (Lipinski definition) is 0. The molecule has 4 rings (SSSR count). The molecule has 1 saturated carbocycles. The summed E-state index contributed by atoms with van der Waals surface area (Å²) >= 11 is 0. The van der Waals surface area contributed by atoms with Crippen molar-refractivity contribution in [2.75, 3.05) is 4.90 Å². The molecule has 0 radical (unpaired) electrons. The monoisotopic (exact) mass is 309 g/mol. The SMILES string of the molecule is C=CC(=O)Oc1cccc(N2C(=O)[C@@H]3[C@@H](C2=O)[C@H]2C=C[C@H]3C2)c1. The summed E-state index contributed by atoms with van der Waals surface area (Å²) in [5.74, 6) is -0.727. The largest absolute Gasteiger partial charge is 0.423 e. The summed E-state index contributed by atoms with van der Waals surface area (Å²) in [6, 6.07) is 6.47. The van der Waals surface area contributed by atoms with Gasteiger partial charge in [0.1, 0.15) is 5.75 Å². The van der Waals surface area contributed by atoms with E-state index >= 15 is 0 Å². The van der Waals surface area contributed by atoms with Gasteiger partial charge in [-0.15, -0.1) is 0 Å². The third-order valence-electron chi connectivity index (χ3n) is 4.93. The second kappa shape index (κ2) is 4.91. The first-order valence-electron chi connectivity index (χ1n) is 7.60. The zero-order valence-electron chi connectivity index (χ0n) is 12.3. The minimum Gasteiger partial charge on any atom is -0.423 e. The molecule has 0 aromatic heterocycles. The summed E-state index contributed by atoms with van der Waals surface area (Å²) in [7, 11) is 0. The highest BCUT2D eigenvalue weighted by Crippen LogP contribution is 2.53. The van der Waals surface area contributed by atoms with Crippen molar-refractivity contribution in [1.29, 1.82) is 0 Å². The van der Waals surface area contributed by atoms with Gasteiger partial charge in [-0.1, -0.05) is 24.8 Å². The summed E-state index contributed by atoms with van der Waals surface area (Å²) in [4.78, 5) is 38.0. The normalized spacial score (nSPS) is 30.7. The van der Waals surface area contributed by atoms with Gasteiger partial charge in [-0.05, 0) is 30.4 Å². The number of allylic oxidation sites excluding steroid dienone is 2. The molecule has 5 nitrogen and oxygen atoms in total. The molecule has 2 fully saturated rings. The molecule has 1 aromatic carbocycles. The van der Waals surface area contributed by atoms with Crippen molar-refractivity contribution >= 4 is 23.5 Å². The fraction of sp³-hybridized carbons (Fsp3) is 0.278. The van der Waals surface area contributed by atoms with E-state index in [1.807, 2.05) is 0 Å². The van der Waals surface area contributed by atoms with Crippen LogP contribution in [-0.2, 0) is 14.4 Å². The molecule has 1 saturated heterocycles. The highest BCUT2D eigenvalue weighted by molar-refractivity contribution is 6.22. The number of esters is 1. The molecule has 0 unspecified atom stereocenters. The third kappa shape index (κ3) is 1.96. The van der Waals surface area contributed by atoms with Crippen molar-refractivity contribution in [3.05, 3.63) is 49.1 Å². The van der Waals surface area contributed by atoms with Gasteiger partial charge in [0.25, 0.3) is 0 Å². The average Bonchev–Trinajstić information content (AvgIpc) is 3.21. The minimum atomic E-state index is -0.583. The maximum absolute atomic E-state index is 12.7. The zero-order chi connectivity index (χ0) is 16.1. The molecule has 4 atom stereocenters. The van der Waals surface area contributed by atoms with Crippen LogP contribution in [-0.4, -0.2) is 17.8 Å². The van der Waals surface area contributed by atoms with Gasteiger partial charge in [-0.2, -0.15) is 0 Å². The number of amides is 2. The molecule has 1 heterocycles. The van der Waals surface area contributed by atoms with Gasteiger partial charge in [-0.25, -0.2) is 9.69 Å². The van der Waals surface area contributed by atoms with Crippen LogP contribution in [0, 0.1) is 23.7 Å². The Hall–Kier alpha value is -2.69. The zero-order valence-corrected chi connectivity index (χ0v) is 12.3. The number of ether oxygens (including phenoxy) is 1. The van der Waals surface area contributed by atoms with E-state index in [1.165, 1.54) is 11.0 Å².